The molecule has 0 radical (unpaired) electrons. The molecule has 1 nitrogen and oxygen atoms in total. The van der Waals surface area contributed by atoms with E-state index in [-0.39, 0.29) is 0 Å². The summed E-state index contributed by atoms with van der Waals surface area (Å²) >= 11 is 0. The van der Waals surface area contributed by atoms with Crippen molar-refractivity contribution in [2.45, 2.75) is 70.9 Å². The first-order valence-electron chi connectivity index (χ1n) is 6.61. The lowest BCUT2D eigenvalue weighted by Gasteiger charge is -2.41. The summed E-state index contributed by atoms with van der Waals surface area (Å²) in [5, 5.41) is 3.86. The fraction of sp³-hybridized carbons (Fsp3) is 0.857. The average molecular weight is 207 g/mol. The van der Waals surface area contributed by atoms with E-state index in [1.807, 2.05) is 0 Å². The zero-order chi connectivity index (χ0) is 10.7. The van der Waals surface area contributed by atoms with Gasteiger partial charge in [0.1, 0.15) is 0 Å². The number of hydrogen-bond acceptors (Lipinski definition) is 1. The molecule has 1 fully saturated rings. The van der Waals surface area contributed by atoms with Gasteiger partial charge in [0, 0.05) is 12.1 Å². The third kappa shape index (κ3) is 2.84. The number of hydrogen-bond donors (Lipinski definition) is 1. The predicted octanol–water partition coefficient (Wildman–Crippen LogP) is 3.65. The molecule has 0 spiro atoms. The molecule has 0 aromatic rings. The highest BCUT2D eigenvalue weighted by molar-refractivity contribution is 5.00. The summed E-state index contributed by atoms with van der Waals surface area (Å²) in [6.45, 7) is 4.85. The molecule has 0 heterocycles. The van der Waals surface area contributed by atoms with E-state index in [2.05, 4.69) is 31.3 Å². The maximum absolute atomic E-state index is 3.86. The van der Waals surface area contributed by atoms with Crippen LogP contribution in [0, 0.1) is 5.41 Å². The van der Waals surface area contributed by atoms with Gasteiger partial charge in [-0.15, -0.1) is 0 Å². The Kier molecular flexibility index (Phi) is 3.50. The van der Waals surface area contributed by atoms with Gasteiger partial charge in [0.15, 0.2) is 0 Å². The minimum absolute atomic E-state index is 0.504. The quantitative estimate of drug-likeness (QED) is 0.681. The van der Waals surface area contributed by atoms with E-state index >= 15 is 0 Å². The van der Waals surface area contributed by atoms with Crippen LogP contribution in [0.5, 0.6) is 0 Å². The van der Waals surface area contributed by atoms with E-state index in [0.29, 0.717) is 11.5 Å². The molecule has 0 saturated heterocycles. The Morgan fingerprint density at radius 2 is 2.00 bits per heavy atom. The summed E-state index contributed by atoms with van der Waals surface area (Å²) in [4.78, 5) is 0. The molecule has 1 saturated carbocycles. The third-order valence-corrected chi connectivity index (χ3v) is 4.18. The second-order valence-corrected chi connectivity index (χ2v) is 5.92. The summed E-state index contributed by atoms with van der Waals surface area (Å²) < 4.78 is 0. The van der Waals surface area contributed by atoms with Gasteiger partial charge in [-0.05, 0) is 37.5 Å². The van der Waals surface area contributed by atoms with Crippen LogP contribution in [0.2, 0.25) is 0 Å². The normalized spacial score (nSPS) is 35.3. The molecular weight excluding hydrogens is 182 g/mol. The van der Waals surface area contributed by atoms with Crippen molar-refractivity contribution in [2.75, 3.05) is 0 Å². The van der Waals surface area contributed by atoms with Gasteiger partial charge >= 0.3 is 0 Å². The van der Waals surface area contributed by atoms with Gasteiger partial charge in [0.2, 0.25) is 0 Å². The first-order valence-corrected chi connectivity index (χ1v) is 6.61. The standard InChI is InChI=1S/C14H25N/c1-14(2)11-7-6-10-13(14)15-12-8-4-3-5-9-12/h4,8,12-13,15H,3,5-7,9-11H2,1-2H3. The zero-order valence-corrected chi connectivity index (χ0v) is 10.3. The van der Waals surface area contributed by atoms with Gasteiger partial charge in [-0.25, -0.2) is 0 Å². The average Bonchev–Trinajstić information content (AvgIpc) is 2.23. The van der Waals surface area contributed by atoms with E-state index in [1.165, 1.54) is 44.9 Å². The van der Waals surface area contributed by atoms with Crippen LogP contribution >= 0.6 is 0 Å². The topological polar surface area (TPSA) is 12.0 Å². The maximum Gasteiger partial charge on any atom is 0.0252 e. The second-order valence-electron chi connectivity index (χ2n) is 5.92. The molecule has 2 unspecified atom stereocenters. The minimum atomic E-state index is 0.504. The van der Waals surface area contributed by atoms with E-state index < -0.39 is 0 Å². The SMILES string of the molecule is CC1(C)CCCCC1NC1C=CCCC1. The van der Waals surface area contributed by atoms with Crippen LogP contribution in [0.1, 0.15) is 58.8 Å². The van der Waals surface area contributed by atoms with Crippen molar-refractivity contribution < 1.29 is 0 Å². The molecule has 1 heteroatoms. The lowest BCUT2D eigenvalue weighted by molar-refractivity contribution is 0.159. The highest BCUT2D eigenvalue weighted by atomic mass is 15.0. The molecule has 1 N–H and O–H groups in total. The first kappa shape index (κ1) is 11.2. The van der Waals surface area contributed by atoms with Crippen molar-refractivity contribution in [3.63, 3.8) is 0 Å². The zero-order valence-electron chi connectivity index (χ0n) is 10.3. The molecule has 0 aliphatic heterocycles. The van der Waals surface area contributed by atoms with Crippen molar-refractivity contribution in [3.05, 3.63) is 12.2 Å². The Hall–Kier alpha value is -0.300. The number of allylic oxidation sites excluding steroid dienone is 1. The van der Waals surface area contributed by atoms with Crippen LogP contribution in [0.25, 0.3) is 0 Å². The summed E-state index contributed by atoms with van der Waals surface area (Å²) in [5.74, 6) is 0. The molecule has 86 valence electrons. The largest absolute Gasteiger partial charge is 0.307 e. The molecule has 2 atom stereocenters. The van der Waals surface area contributed by atoms with Gasteiger partial charge in [0.25, 0.3) is 0 Å². The second kappa shape index (κ2) is 4.69. The molecular formula is C14H25N. The van der Waals surface area contributed by atoms with Crippen LogP contribution < -0.4 is 5.32 Å². The summed E-state index contributed by atoms with van der Waals surface area (Å²) in [7, 11) is 0. The smallest absolute Gasteiger partial charge is 0.0252 e. The third-order valence-electron chi connectivity index (χ3n) is 4.18. The van der Waals surface area contributed by atoms with Crippen LogP contribution in [-0.4, -0.2) is 12.1 Å². The molecule has 0 aromatic heterocycles. The highest BCUT2D eigenvalue weighted by Gasteiger charge is 2.32. The summed E-state index contributed by atoms with van der Waals surface area (Å²) in [5.41, 5.74) is 0.504. The summed E-state index contributed by atoms with van der Waals surface area (Å²) in [6.07, 6.45) is 14.3. The fourth-order valence-corrected chi connectivity index (χ4v) is 3.01. The fourth-order valence-electron chi connectivity index (χ4n) is 3.01. The number of rotatable bonds is 2. The lowest BCUT2D eigenvalue weighted by atomic mass is 9.73. The lowest BCUT2D eigenvalue weighted by Crippen LogP contribution is -2.48. The Morgan fingerprint density at radius 3 is 2.67 bits per heavy atom. The van der Waals surface area contributed by atoms with Crippen molar-refractivity contribution in [3.8, 4) is 0 Å². The van der Waals surface area contributed by atoms with E-state index in [9.17, 15) is 0 Å². The molecule has 0 aromatic carbocycles. The predicted molar refractivity (Wildman–Crippen MR) is 66.0 cm³/mol. The molecule has 0 bridgehead atoms. The van der Waals surface area contributed by atoms with Crippen LogP contribution in [0.3, 0.4) is 0 Å². The first-order chi connectivity index (χ1) is 7.18. The highest BCUT2D eigenvalue weighted by Crippen LogP contribution is 2.36. The minimum Gasteiger partial charge on any atom is -0.307 e. The Bertz CT molecular complexity index is 229. The van der Waals surface area contributed by atoms with Gasteiger partial charge in [0.05, 0.1) is 0 Å². The molecule has 2 aliphatic carbocycles. The van der Waals surface area contributed by atoms with Crippen molar-refractivity contribution in [1.82, 2.24) is 5.32 Å². The van der Waals surface area contributed by atoms with Crippen molar-refractivity contribution in [2.24, 2.45) is 5.41 Å². The molecule has 2 aliphatic rings. The van der Waals surface area contributed by atoms with Gasteiger partial charge in [-0.3, -0.25) is 0 Å². The van der Waals surface area contributed by atoms with Gasteiger partial charge in [-0.2, -0.15) is 0 Å². The molecule has 15 heavy (non-hydrogen) atoms. The van der Waals surface area contributed by atoms with Crippen LogP contribution in [0.4, 0.5) is 0 Å². The van der Waals surface area contributed by atoms with E-state index in [4.69, 9.17) is 0 Å². The Labute approximate surface area is 94.3 Å². The van der Waals surface area contributed by atoms with Gasteiger partial charge in [-0.1, -0.05) is 38.8 Å². The van der Waals surface area contributed by atoms with E-state index in [1.54, 1.807) is 0 Å². The van der Waals surface area contributed by atoms with Crippen LogP contribution in [0.15, 0.2) is 12.2 Å². The summed E-state index contributed by atoms with van der Waals surface area (Å²) in [6, 6.07) is 1.39. The van der Waals surface area contributed by atoms with Crippen LogP contribution in [-0.2, 0) is 0 Å². The number of nitrogens with one attached hydrogen (secondary N) is 1. The van der Waals surface area contributed by atoms with E-state index in [0.717, 1.165) is 6.04 Å². The van der Waals surface area contributed by atoms with Gasteiger partial charge < -0.3 is 5.32 Å². The Balaban J connectivity index is 1.91. The van der Waals surface area contributed by atoms with Crippen molar-refractivity contribution in [1.29, 1.82) is 0 Å². The molecule has 2 rings (SSSR count). The maximum atomic E-state index is 3.86. The molecule has 0 amide bonds. The van der Waals surface area contributed by atoms with Crippen molar-refractivity contribution >= 4 is 0 Å². The Morgan fingerprint density at radius 1 is 1.13 bits per heavy atom. The monoisotopic (exact) mass is 207 g/mol.